The number of amides is 1. The van der Waals surface area contributed by atoms with Crippen molar-refractivity contribution in [2.75, 3.05) is 5.75 Å². The van der Waals surface area contributed by atoms with Crippen molar-refractivity contribution in [3.05, 3.63) is 96.3 Å². The highest BCUT2D eigenvalue weighted by Crippen LogP contribution is 2.27. The molecule has 0 saturated carbocycles. The molecule has 0 unspecified atom stereocenters. The van der Waals surface area contributed by atoms with Gasteiger partial charge in [0.15, 0.2) is 5.16 Å². The SMILES string of the molecule is O=C(CSc1ncc(-c2ccc(F)cc2)n1Cc1ccco1)NCc1ccccc1. The van der Waals surface area contributed by atoms with E-state index in [1.54, 1.807) is 24.6 Å². The van der Waals surface area contributed by atoms with Gasteiger partial charge in [0.25, 0.3) is 0 Å². The molecule has 2 heterocycles. The monoisotopic (exact) mass is 421 g/mol. The van der Waals surface area contributed by atoms with Crippen LogP contribution in [-0.4, -0.2) is 21.2 Å². The molecule has 0 spiro atoms. The first-order valence-corrected chi connectivity index (χ1v) is 10.4. The van der Waals surface area contributed by atoms with Gasteiger partial charge in [-0.2, -0.15) is 0 Å². The Hall–Kier alpha value is -3.32. The van der Waals surface area contributed by atoms with Crippen LogP contribution >= 0.6 is 11.8 Å². The predicted molar refractivity (Wildman–Crippen MR) is 114 cm³/mol. The zero-order valence-electron chi connectivity index (χ0n) is 16.1. The maximum atomic E-state index is 13.3. The van der Waals surface area contributed by atoms with Crippen LogP contribution in [0.5, 0.6) is 0 Å². The maximum Gasteiger partial charge on any atom is 0.230 e. The molecule has 0 aliphatic carbocycles. The molecule has 0 radical (unpaired) electrons. The summed E-state index contributed by atoms with van der Waals surface area (Å²) in [5, 5.41) is 3.62. The molecule has 0 atom stereocenters. The van der Waals surface area contributed by atoms with E-state index in [1.807, 2.05) is 47.0 Å². The van der Waals surface area contributed by atoms with Gasteiger partial charge in [0.05, 0.1) is 30.5 Å². The van der Waals surface area contributed by atoms with Crippen molar-refractivity contribution in [1.29, 1.82) is 0 Å². The number of thioether (sulfide) groups is 1. The molecule has 4 rings (SSSR count). The van der Waals surface area contributed by atoms with Gasteiger partial charge in [-0.1, -0.05) is 42.1 Å². The van der Waals surface area contributed by atoms with Gasteiger partial charge in [-0.05, 0) is 47.5 Å². The molecule has 0 bridgehead atoms. The standard InChI is InChI=1S/C23H20FN3O2S/c24-19-10-8-18(9-11-19)21-14-26-23(27(21)15-20-7-4-12-29-20)30-16-22(28)25-13-17-5-2-1-3-6-17/h1-12,14H,13,15-16H2,(H,25,28). The Morgan fingerprint density at radius 2 is 1.87 bits per heavy atom. The van der Waals surface area contributed by atoms with E-state index in [1.165, 1.54) is 23.9 Å². The zero-order valence-corrected chi connectivity index (χ0v) is 16.9. The minimum Gasteiger partial charge on any atom is -0.467 e. The van der Waals surface area contributed by atoms with E-state index in [2.05, 4.69) is 10.3 Å². The van der Waals surface area contributed by atoms with Crippen molar-refractivity contribution in [2.24, 2.45) is 0 Å². The first-order chi connectivity index (χ1) is 14.7. The first kappa shape index (κ1) is 20.0. The lowest BCUT2D eigenvalue weighted by molar-refractivity contribution is -0.118. The van der Waals surface area contributed by atoms with Crippen LogP contribution in [0.1, 0.15) is 11.3 Å². The van der Waals surface area contributed by atoms with Crippen molar-refractivity contribution in [3.8, 4) is 11.3 Å². The number of carbonyl (C=O) groups excluding carboxylic acids is 1. The molecule has 4 aromatic rings. The lowest BCUT2D eigenvalue weighted by Crippen LogP contribution is -2.24. The number of furan rings is 1. The molecule has 0 aliphatic rings. The maximum absolute atomic E-state index is 13.3. The van der Waals surface area contributed by atoms with Crippen LogP contribution < -0.4 is 5.32 Å². The van der Waals surface area contributed by atoms with E-state index in [0.29, 0.717) is 18.2 Å². The highest BCUT2D eigenvalue weighted by Gasteiger charge is 2.15. The van der Waals surface area contributed by atoms with E-state index >= 15 is 0 Å². The van der Waals surface area contributed by atoms with E-state index in [0.717, 1.165) is 22.6 Å². The molecule has 0 saturated heterocycles. The fraction of sp³-hybridized carbons (Fsp3) is 0.130. The Balaban J connectivity index is 1.48. The Morgan fingerprint density at radius 1 is 1.07 bits per heavy atom. The van der Waals surface area contributed by atoms with Crippen LogP contribution in [0.15, 0.2) is 88.8 Å². The number of hydrogen-bond acceptors (Lipinski definition) is 4. The lowest BCUT2D eigenvalue weighted by atomic mass is 10.1. The smallest absolute Gasteiger partial charge is 0.230 e. The summed E-state index contributed by atoms with van der Waals surface area (Å²) in [5.74, 6) is 0.650. The van der Waals surface area contributed by atoms with Crippen molar-refractivity contribution in [2.45, 2.75) is 18.2 Å². The number of halogens is 1. The van der Waals surface area contributed by atoms with E-state index < -0.39 is 0 Å². The highest BCUT2D eigenvalue weighted by molar-refractivity contribution is 7.99. The molecule has 30 heavy (non-hydrogen) atoms. The summed E-state index contributed by atoms with van der Waals surface area (Å²) in [6, 6.07) is 19.8. The van der Waals surface area contributed by atoms with Gasteiger partial charge in [0.2, 0.25) is 5.91 Å². The highest BCUT2D eigenvalue weighted by atomic mass is 32.2. The molecule has 5 nitrogen and oxygen atoms in total. The average molecular weight is 421 g/mol. The molecule has 2 aromatic heterocycles. The minimum atomic E-state index is -0.291. The third kappa shape index (κ3) is 4.99. The summed E-state index contributed by atoms with van der Waals surface area (Å²) in [7, 11) is 0. The van der Waals surface area contributed by atoms with Crippen molar-refractivity contribution >= 4 is 17.7 Å². The molecule has 7 heteroatoms. The number of imidazole rings is 1. The number of nitrogens with one attached hydrogen (secondary N) is 1. The second kappa shape index (κ2) is 9.45. The topological polar surface area (TPSA) is 60.1 Å². The van der Waals surface area contributed by atoms with Crippen LogP contribution in [0.2, 0.25) is 0 Å². The van der Waals surface area contributed by atoms with Crippen LogP contribution in [0.3, 0.4) is 0 Å². The van der Waals surface area contributed by atoms with Gasteiger partial charge in [0.1, 0.15) is 11.6 Å². The van der Waals surface area contributed by atoms with Crippen LogP contribution in [0.4, 0.5) is 4.39 Å². The summed E-state index contributed by atoms with van der Waals surface area (Å²) in [6.45, 7) is 0.954. The lowest BCUT2D eigenvalue weighted by Gasteiger charge is -2.11. The summed E-state index contributed by atoms with van der Waals surface area (Å²) in [6.07, 6.45) is 3.36. The van der Waals surface area contributed by atoms with Crippen molar-refractivity contribution < 1.29 is 13.6 Å². The summed E-state index contributed by atoms with van der Waals surface area (Å²) in [5.41, 5.74) is 2.73. The fourth-order valence-corrected chi connectivity index (χ4v) is 3.82. The summed E-state index contributed by atoms with van der Waals surface area (Å²) in [4.78, 5) is 16.8. The predicted octanol–water partition coefficient (Wildman–Crippen LogP) is 4.74. The van der Waals surface area contributed by atoms with Crippen molar-refractivity contribution in [3.63, 3.8) is 0 Å². The third-order valence-corrected chi connectivity index (χ3v) is 5.51. The number of benzene rings is 2. The first-order valence-electron chi connectivity index (χ1n) is 9.46. The number of rotatable bonds is 8. The normalized spacial score (nSPS) is 10.8. The number of carbonyl (C=O) groups is 1. The third-order valence-electron chi connectivity index (χ3n) is 4.52. The zero-order chi connectivity index (χ0) is 20.8. The number of aromatic nitrogens is 2. The minimum absolute atomic E-state index is 0.0697. The van der Waals surface area contributed by atoms with Gasteiger partial charge >= 0.3 is 0 Å². The van der Waals surface area contributed by atoms with E-state index in [4.69, 9.17) is 4.42 Å². The van der Waals surface area contributed by atoms with E-state index in [9.17, 15) is 9.18 Å². The van der Waals surface area contributed by atoms with E-state index in [-0.39, 0.29) is 17.5 Å². The Morgan fingerprint density at radius 3 is 2.60 bits per heavy atom. The Kier molecular flexibility index (Phi) is 6.29. The second-order valence-corrected chi connectivity index (χ2v) is 7.59. The number of nitrogens with zero attached hydrogens (tertiary/aromatic N) is 2. The Labute approximate surface area is 177 Å². The molecule has 0 aliphatic heterocycles. The molecular weight excluding hydrogens is 401 g/mol. The van der Waals surface area contributed by atoms with Crippen LogP contribution in [0, 0.1) is 5.82 Å². The van der Waals surface area contributed by atoms with Crippen LogP contribution in [0.25, 0.3) is 11.3 Å². The van der Waals surface area contributed by atoms with Gasteiger partial charge in [-0.15, -0.1) is 0 Å². The van der Waals surface area contributed by atoms with Gasteiger partial charge < -0.3 is 14.3 Å². The largest absolute Gasteiger partial charge is 0.467 e. The summed E-state index contributed by atoms with van der Waals surface area (Å²) >= 11 is 1.35. The number of hydrogen-bond donors (Lipinski definition) is 1. The molecule has 1 amide bonds. The Bertz CT molecular complexity index is 1090. The molecule has 2 aromatic carbocycles. The molecular formula is C23H20FN3O2S. The van der Waals surface area contributed by atoms with Gasteiger partial charge in [-0.25, -0.2) is 9.37 Å². The van der Waals surface area contributed by atoms with Crippen molar-refractivity contribution in [1.82, 2.24) is 14.9 Å². The second-order valence-electron chi connectivity index (χ2n) is 6.65. The molecule has 0 fully saturated rings. The quantitative estimate of drug-likeness (QED) is 0.418. The van der Waals surface area contributed by atoms with Crippen LogP contribution in [-0.2, 0) is 17.9 Å². The molecule has 152 valence electrons. The summed E-state index contributed by atoms with van der Waals surface area (Å²) < 4.78 is 20.8. The molecule has 1 N–H and O–H groups in total. The van der Waals surface area contributed by atoms with Gasteiger partial charge in [-0.3, -0.25) is 4.79 Å². The average Bonchev–Trinajstić information content (AvgIpc) is 3.43. The fourth-order valence-electron chi connectivity index (χ4n) is 3.01. The van der Waals surface area contributed by atoms with Gasteiger partial charge in [0, 0.05) is 6.54 Å².